The summed E-state index contributed by atoms with van der Waals surface area (Å²) in [7, 11) is 1.59. The summed E-state index contributed by atoms with van der Waals surface area (Å²) >= 11 is 0. The predicted molar refractivity (Wildman–Crippen MR) is 203 cm³/mol. The van der Waals surface area contributed by atoms with Crippen LogP contribution in [0.1, 0.15) is 105 Å². The van der Waals surface area contributed by atoms with E-state index in [9.17, 15) is 20.2 Å². The van der Waals surface area contributed by atoms with E-state index in [2.05, 4.69) is 32.0 Å². The van der Waals surface area contributed by atoms with Crippen LogP contribution in [0.25, 0.3) is 0 Å². The Labute approximate surface area is 325 Å². The summed E-state index contributed by atoms with van der Waals surface area (Å²) in [4.78, 5) is 14.4. The van der Waals surface area contributed by atoms with Crippen LogP contribution < -0.4 is 0 Å². The van der Waals surface area contributed by atoms with Gasteiger partial charge in [-0.1, -0.05) is 68.6 Å². The van der Waals surface area contributed by atoms with Crippen molar-refractivity contribution in [1.29, 1.82) is 0 Å². The lowest BCUT2D eigenvalue weighted by atomic mass is 9.71. The molecule has 14 atom stereocenters. The van der Waals surface area contributed by atoms with E-state index in [1.54, 1.807) is 26.2 Å². The number of aliphatic hydroxyl groups is 2. The van der Waals surface area contributed by atoms with Crippen LogP contribution in [0, 0.1) is 23.7 Å². The van der Waals surface area contributed by atoms with Gasteiger partial charge in [-0.2, -0.15) is 0 Å². The number of rotatable bonds is 4. The van der Waals surface area contributed by atoms with E-state index in [4.69, 9.17) is 33.2 Å². The molecule has 7 aliphatic rings. The monoisotopic (exact) mass is 769 g/mol. The molecule has 2 aliphatic carbocycles. The average molecular weight is 770 g/mol. The van der Waals surface area contributed by atoms with E-state index in [0.717, 1.165) is 24.8 Å². The average Bonchev–Trinajstić information content (AvgIpc) is 3.50. The number of oxime groups is 1. The first-order valence-electron chi connectivity index (χ1n) is 20.7. The third-order valence-electron chi connectivity index (χ3n) is 13.6. The maximum absolute atomic E-state index is 14.4. The molecule has 0 aromatic rings. The van der Waals surface area contributed by atoms with Gasteiger partial charge in [0.1, 0.15) is 35.5 Å². The van der Waals surface area contributed by atoms with Gasteiger partial charge >= 0.3 is 5.97 Å². The molecule has 5 fully saturated rings. The van der Waals surface area contributed by atoms with Crippen LogP contribution >= 0.6 is 0 Å². The van der Waals surface area contributed by atoms with Crippen molar-refractivity contribution < 1.29 is 53.4 Å². The van der Waals surface area contributed by atoms with Crippen molar-refractivity contribution in [1.82, 2.24) is 0 Å². The first kappa shape index (κ1) is 40.8. The van der Waals surface area contributed by atoms with Gasteiger partial charge < -0.3 is 48.6 Å². The van der Waals surface area contributed by atoms with Crippen LogP contribution in [0.3, 0.4) is 0 Å². The Morgan fingerprint density at radius 3 is 2.55 bits per heavy atom. The number of nitrogens with zero attached hydrogens (tertiary/aromatic N) is 1. The van der Waals surface area contributed by atoms with Gasteiger partial charge in [-0.05, 0) is 75.0 Å². The summed E-state index contributed by atoms with van der Waals surface area (Å²) in [5.41, 5.74) is 0.362. The van der Waals surface area contributed by atoms with Crippen LogP contribution in [0.2, 0.25) is 0 Å². The molecule has 0 radical (unpaired) electrons. The van der Waals surface area contributed by atoms with Gasteiger partial charge in [0.05, 0.1) is 37.1 Å². The molecule has 55 heavy (non-hydrogen) atoms. The Morgan fingerprint density at radius 1 is 1.02 bits per heavy atom. The molecule has 1 saturated carbocycles. The van der Waals surface area contributed by atoms with Crippen molar-refractivity contribution in [3.05, 3.63) is 47.1 Å². The molecule has 4 saturated heterocycles. The fourth-order valence-corrected chi connectivity index (χ4v) is 10.4. The standard InChI is InChI=1S/C43H63NO11/c1-24-11-10-14-30-23-50-40-36(44-48)27(4)19-33(43(30,40)47)41(46)52-32-20-31(16-15-25(2)38(24)53-35-21-34(49-6)37(45)28(5)51-35)54-42(22-32)18-17-26(3)39(55-42)29-12-8-7-9-13-29/h10-11,14-15,19,24,26,28-29,31-35,37-40,45,47-48H,7-9,12-13,16-18,20-23H2,1-6H3/b11-10+,25-15+,30-14+,44-36-/t24-,26-,28-,31+,32-,33-,34-,35-,37-,38+,39-,40+,42+,43+/m0/s1. The van der Waals surface area contributed by atoms with Gasteiger partial charge in [0.25, 0.3) is 0 Å². The molecule has 1 spiro atoms. The molecule has 0 amide bonds. The minimum absolute atomic E-state index is 0.0359. The highest BCUT2D eigenvalue weighted by molar-refractivity contribution is 6.06. The van der Waals surface area contributed by atoms with E-state index in [1.165, 1.54) is 19.3 Å². The Bertz CT molecular complexity index is 1550. The summed E-state index contributed by atoms with van der Waals surface area (Å²) in [5, 5.41) is 36.7. The second-order valence-corrected chi connectivity index (χ2v) is 17.4. The number of hydrogen-bond acceptors (Lipinski definition) is 12. The van der Waals surface area contributed by atoms with Gasteiger partial charge in [-0.15, -0.1) is 0 Å². The largest absolute Gasteiger partial charge is 0.462 e. The van der Waals surface area contributed by atoms with E-state index >= 15 is 0 Å². The normalized spacial score (nSPS) is 47.9. The Hall–Kier alpha value is -2.42. The zero-order valence-electron chi connectivity index (χ0n) is 33.4. The summed E-state index contributed by atoms with van der Waals surface area (Å²) in [5.74, 6) is -1.83. The lowest BCUT2D eigenvalue weighted by Gasteiger charge is -2.51. The van der Waals surface area contributed by atoms with Gasteiger partial charge in [-0.25, -0.2) is 0 Å². The van der Waals surface area contributed by atoms with Gasteiger partial charge in [-0.3, -0.25) is 4.79 Å². The van der Waals surface area contributed by atoms with Crippen molar-refractivity contribution >= 4 is 11.7 Å². The number of methoxy groups -OCH3 is 1. The topological polar surface area (TPSA) is 155 Å². The highest BCUT2D eigenvalue weighted by atomic mass is 16.7. The number of aliphatic hydroxyl groups excluding tert-OH is 1. The number of esters is 1. The SMILES string of the molecule is CO[C@H]1C[C@H](O[C@H]2/C(C)=C/C[C@@H]3C[C@@H](C[C@]4(CC[C@H](C)[C@@H](C5CCCCC5)O4)O3)OC(=O)[C@@H]3C=C(C)/C(=N/O)[C@H]4OC/C(=C\C=C\[C@@H]2C)[C@]43O)O[C@@H](C)[C@@H]1O. The second-order valence-electron chi connectivity index (χ2n) is 17.4. The van der Waals surface area contributed by atoms with E-state index < -0.39 is 66.2 Å². The smallest absolute Gasteiger partial charge is 0.316 e. The zero-order chi connectivity index (χ0) is 39.1. The van der Waals surface area contributed by atoms with Crippen molar-refractivity contribution in [3.8, 4) is 0 Å². The molecule has 0 aromatic heterocycles. The van der Waals surface area contributed by atoms with Crippen LogP contribution in [0.5, 0.6) is 0 Å². The maximum Gasteiger partial charge on any atom is 0.316 e. The zero-order valence-corrected chi connectivity index (χ0v) is 33.4. The minimum Gasteiger partial charge on any atom is -0.462 e. The Kier molecular flexibility index (Phi) is 12.5. The van der Waals surface area contributed by atoms with Crippen LogP contribution in [0.15, 0.2) is 52.3 Å². The molecule has 306 valence electrons. The molecule has 0 unspecified atom stereocenters. The summed E-state index contributed by atoms with van der Waals surface area (Å²) in [6, 6.07) is 0. The summed E-state index contributed by atoms with van der Waals surface area (Å²) < 4.78 is 45.1. The molecule has 12 nitrogen and oxygen atoms in total. The molecule has 12 heteroatoms. The predicted octanol–water partition coefficient (Wildman–Crippen LogP) is 6.07. The number of carbonyl (C=O) groups excluding carboxylic acids is 1. The fourth-order valence-electron chi connectivity index (χ4n) is 10.4. The van der Waals surface area contributed by atoms with Gasteiger partial charge in [0.15, 0.2) is 12.1 Å². The van der Waals surface area contributed by atoms with Crippen LogP contribution in [-0.2, 0) is 38.0 Å². The number of fused-ring (bicyclic) bond motifs is 2. The lowest BCUT2D eigenvalue weighted by Crippen LogP contribution is -2.57. The third-order valence-corrected chi connectivity index (χ3v) is 13.6. The van der Waals surface area contributed by atoms with E-state index in [-0.39, 0.29) is 30.4 Å². The van der Waals surface area contributed by atoms with Gasteiger partial charge in [0, 0.05) is 38.7 Å². The highest BCUT2D eigenvalue weighted by Gasteiger charge is 2.60. The summed E-state index contributed by atoms with van der Waals surface area (Å²) in [6.45, 7) is 10.0. The van der Waals surface area contributed by atoms with Crippen molar-refractivity contribution in [3.63, 3.8) is 0 Å². The molecule has 5 heterocycles. The van der Waals surface area contributed by atoms with Crippen molar-refractivity contribution in [2.75, 3.05) is 13.7 Å². The molecular weight excluding hydrogens is 706 g/mol. The third kappa shape index (κ3) is 8.17. The number of carbonyl (C=O) groups is 1. The number of hydrogen-bond donors (Lipinski definition) is 3. The maximum atomic E-state index is 14.4. The Balaban J connectivity index is 1.25. The first-order chi connectivity index (χ1) is 26.4. The molecule has 3 N–H and O–H groups in total. The van der Waals surface area contributed by atoms with Crippen molar-refractivity contribution in [2.24, 2.45) is 28.8 Å². The molecule has 5 aliphatic heterocycles. The molecule has 0 aromatic carbocycles. The quantitative estimate of drug-likeness (QED) is 0.132. The number of ether oxygens (including phenoxy) is 7. The number of allylic oxidation sites excluding steroid dienone is 2. The molecule has 2 bridgehead atoms. The van der Waals surface area contributed by atoms with Gasteiger partial charge in [0.2, 0.25) is 0 Å². The second kappa shape index (κ2) is 16.8. The van der Waals surface area contributed by atoms with Crippen molar-refractivity contribution in [2.45, 2.75) is 172 Å². The highest BCUT2D eigenvalue weighted by Crippen LogP contribution is 2.48. The molecule has 7 rings (SSSR count). The fraction of sp³-hybridized carbons (Fsp3) is 0.767. The van der Waals surface area contributed by atoms with E-state index in [0.29, 0.717) is 55.1 Å². The summed E-state index contributed by atoms with van der Waals surface area (Å²) in [6.07, 6.45) is 14.4. The van der Waals surface area contributed by atoms with Crippen LogP contribution in [-0.4, -0.2) is 107 Å². The molecular formula is C43H63NO11. The Morgan fingerprint density at radius 2 is 1.80 bits per heavy atom. The lowest BCUT2D eigenvalue weighted by molar-refractivity contribution is -0.342. The first-order valence-corrected chi connectivity index (χ1v) is 20.7. The minimum atomic E-state index is -1.83. The van der Waals surface area contributed by atoms with E-state index in [1.807, 2.05) is 19.1 Å². The van der Waals surface area contributed by atoms with Crippen LogP contribution in [0.4, 0.5) is 0 Å².